The lowest BCUT2D eigenvalue weighted by molar-refractivity contribution is 0.282. The van der Waals surface area contributed by atoms with E-state index in [1.165, 1.54) is 3.97 Å². The van der Waals surface area contributed by atoms with Crippen LogP contribution in [-0.2, 0) is 10.0 Å². The molecule has 0 saturated heterocycles. The Morgan fingerprint density at radius 1 is 1.08 bits per heavy atom. The summed E-state index contributed by atoms with van der Waals surface area (Å²) in [5.41, 5.74) is 2.61. The molecule has 5 aromatic rings. The minimum Gasteiger partial charge on any atom is -0.437 e. The SMILES string of the molecule is Cc1nc(C)c(-c2nc3cnc4c(ccn4S(=O)(=O)c4ccccc4)c3n2[C@H]2CC[C@H](CC#N)CC2)o1. The Morgan fingerprint density at radius 3 is 2.51 bits per heavy atom. The van der Waals surface area contributed by atoms with E-state index in [9.17, 15) is 8.42 Å². The highest BCUT2D eigenvalue weighted by Crippen LogP contribution is 2.41. The highest BCUT2D eigenvalue weighted by Gasteiger charge is 2.30. The quantitative estimate of drug-likeness (QED) is 0.302. The Morgan fingerprint density at radius 2 is 1.84 bits per heavy atom. The third-order valence-corrected chi connectivity index (χ3v) is 8.98. The fraction of sp³-hybridized carbons (Fsp3) is 0.333. The number of hydrogen-bond acceptors (Lipinski definition) is 7. The molecule has 0 spiro atoms. The number of rotatable bonds is 5. The zero-order valence-corrected chi connectivity index (χ0v) is 21.4. The molecular formula is C27H26N6O3S. The summed E-state index contributed by atoms with van der Waals surface area (Å²) in [6.45, 7) is 3.71. The van der Waals surface area contributed by atoms with Crippen LogP contribution in [0.3, 0.4) is 0 Å². The summed E-state index contributed by atoms with van der Waals surface area (Å²) in [6.07, 6.45) is 7.44. The number of aryl methyl sites for hydroxylation is 2. The van der Waals surface area contributed by atoms with Crippen molar-refractivity contribution in [1.29, 1.82) is 5.26 Å². The van der Waals surface area contributed by atoms with Crippen LogP contribution in [0.15, 0.2) is 58.1 Å². The molecule has 6 rings (SSSR count). The molecule has 0 bridgehead atoms. The molecule has 0 unspecified atom stereocenters. The Labute approximate surface area is 214 Å². The fourth-order valence-electron chi connectivity index (χ4n) is 5.54. The van der Waals surface area contributed by atoms with E-state index in [1.54, 1.807) is 48.8 Å². The third kappa shape index (κ3) is 3.81. The number of fused-ring (bicyclic) bond motifs is 3. The van der Waals surface area contributed by atoms with Crippen molar-refractivity contribution in [3.63, 3.8) is 0 Å². The van der Waals surface area contributed by atoms with Crippen molar-refractivity contribution in [2.75, 3.05) is 0 Å². The van der Waals surface area contributed by atoms with Crippen LogP contribution in [0.4, 0.5) is 0 Å². The molecule has 0 N–H and O–H groups in total. The molecule has 0 aliphatic heterocycles. The summed E-state index contributed by atoms with van der Waals surface area (Å²) in [7, 11) is -3.83. The van der Waals surface area contributed by atoms with E-state index < -0.39 is 10.0 Å². The largest absolute Gasteiger partial charge is 0.437 e. The first-order chi connectivity index (χ1) is 17.9. The van der Waals surface area contributed by atoms with Gasteiger partial charge in [-0.2, -0.15) is 5.26 Å². The standard InChI is InChI=1S/C27H26N6O3S/c1-17-25(36-18(2)30-17)27-31-23-16-29-26-22(13-15-32(26)37(34,35)21-6-4-3-5-7-21)24(23)33(27)20-10-8-19(9-11-20)12-14-28/h3-7,13,15-16,19-20H,8-12H2,1-2H3/t19-,20-. The Balaban J connectivity index is 1.57. The van der Waals surface area contributed by atoms with Gasteiger partial charge < -0.3 is 8.98 Å². The maximum atomic E-state index is 13.5. The van der Waals surface area contributed by atoms with Crippen LogP contribution in [-0.4, -0.2) is 31.9 Å². The second-order valence-corrected chi connectivity index (χ2v) is 11.5. The van der Waals surface area contributed by atoms with Gasteiger partial charge in [-0.25, -0.2) is 27.3 Å². The third-order valence-electron chi connectivity index (χ3n) is 7.30. The van der Waals surface area contributed by atoms with Crippen LogP contribution in [0.1, 0.15) is 49.7 Å². The molecule has 1 saturated carbocycles. The summed E-state index contributed by atoms with van der Waals surface area (Å²) >= 11 is 0. The molecule has 4 heterocycles. The van der Waals surface area contributed by atoms with Crippen molar-refractivity contribution in [1.82, 2.24) is 23.5 Å². The first-order valence-corrected chi connectivity index (χ1v) is 13.8. The minimum absolute atomic E-state index is 0.124. The summed E-state index contributed by atoms with van der Waals surface area (Å²) in [5.74, 6) is 2.24. The second kappa shape index (κ2) is 8.85. The maximum Gasteiger partial charge on any atom is 0.269 e. The lowest BCUT2D eigenvalue weighted by Gasteiger charge is -2.29. The number of aromatic nitrogens is 5. The Hall–Kier alpha value is -3.97. The van der Waals surface area contributed by atoms with Crippen molar-refractivity contribution < 1.29 is 12.8 Å². The smallest absolute Gasteiger partial charge is 0.269 e. The average Bonchev–Trinajstić information content (AvgIpc) is 3.59. The van der Waals surface area contributed by atoms with E-state index in [0.717, 1.165) is 36.9 Å². The van der Waals surface area contributed by atoms with E-state index in [-0.39, 0.29) is 10.9 Å². The van der Waals surface area contributed by atoms with Gasteiger partial charge >= 0.3 is 0 Å². The van der Waals surface area contributed by atoms with Crippen molar-refractivity contribution in [3.05, 3.63) is 60.4 Å². The number of pyridine rings is 1. The highest BCUT2D eigenvalue weighted by molar-refractivity contribution is 7.90. The molecule has 1 aliphatic carbocycles. The molecule has 9 nitrogen and oxygen atoms in total. The van der Waals surface area contributed by atoms with Crippen LogP contribution in [0.5, 0.6) is 0 Å². The van der Waals surface area contributed by atoms with Crippen molar-refractivity contribution in [2.24, 2.45) is 5.92 Å². The molecule has 0 amide bonds. The number of benzene rings is 1. The maximum absolute atomic E-state index is 13.5. The number of nitriles is 1. The molecule has 1 fully saturated rings. The van der Waals surface area contributed by atoms with Gasteiger partial charge in [-0.3, -0.25) is 0 Å². The number of imidazole rings is 1. The second-order valence-electron chi connectivity index (χ2n) is 9.65. The van der Waals surface area contributed by atoms with Crippen molar-refractivity contribution in [2.45, 2.75) is 56.9 Å². The molecule has 37 heavy (non-hydrogen) atoms. The van der Waals surface area contributed by atoms with Crippen LogP contribution in [0.25, 0.3) is 33.7 Å². The van der Waals surface area contributed by atoms with E-state index >= 15 is 0 Å². The first-order valence-electron chi connectivity index (χ1n) is 12.4. The molecule has 1 aliphatic rings. The Bertz CT molecular complexity index is 1770. The van der Waals surface area contributed by atoms with E-state index in [0.29, 0.717) is 46.4 Å². The lowest BCUT2D eigenvalue weighted by atomic mass is 9.84. The zero-order chi connectivity index (χ0) is 25.7. The molecule has 188 valence electrons. The molecule has 0 radical (unpaired) electrons. The van der Waals surface area contributed by atoms with Gasteiger partial charge in [-0.1, -0.05) is 18.2 Å². The normalized spacial score (nSPS) is 18.4. The van der Waals surface area contributed by atoms with Crippen LogP contribution < -0.4 is 0 Å². The fourth-order valence-corrected chi connectivity index (χ4v) is 6.86. The van der Waals surface area contributed by atoms with Gasteiger partial charge in [0.05, 0.1) is 28.4 Å². The van der Waals surface area contributed by atoms with Crippen LogP contribution in [0, 0.1) is 31.1 Å². The average molecular weight is 515 g/mol. The minimum atomic E-state index is -3.83. The monoisotopic (exact) mass is 514 g/mol. The summed E-state index contributed by atoms with van der Waals surface area (Å²) in [5, 5.41) is 9.87. The van der Waals surface area contributed by atoms with Gasteiger partial charge in [-0.05, 0) is 56.7 Å². The summed E-state index contributed by atoms with van der Waals surface area (Å²) < 4.78 is 36.3. The molecule has 0 atom stereocenters. The predicted octanol–water partition coefficient (Wildman–Crippen LogP) is 5.54. The summed E-state index contributed by atoms with van der Waals surface area (Å²) in [4.78, 5) is 14.1. The van der Waals surface area contributed by atoms with E-state index in [1.807, 2.05) is 13.8 Å². The topological polar surface area (TPSA) is 120 Å². The number of oxazole rings is 1. The predicted molar refractivity (Wildman–Crippen MR) is 138 cm³/mol. The molecular weight excluding hydrogens is 488 g/mol. The molecule has 10 heteroatoms. The molecule has 1 aromatic carbocycles. The van der Waals surface area contributed by atoms with Gasteiger partial charge in [0.25, 0.3) is 10.0 Å². The lowest BCUT2D eigenvalue weighted by Crippen LogP contribution is -2.19. The summed E-state index contributed by atoms with van der Waals surface area (Å²) in [6, 6.07) is 12.6. The van der Waals surface area contributed by atoms with Gasteiger partial charge in [0, 0.05) is 31.0 Å². The van der Waals surface area contributed by atoms with E-state index in [4.69, 9.17) is 14.7 Å². The number of hydrogen-bond donors (Lipinski definition) is 0. The van der Waals surface area contributed by atoms with Crippen molar-refractivity contribution >= 4 is 32.1 Å². The van der Waals surface area contributed by atoms with Crippen LogP contribution in [0.2, 0.25) is 0 Å². The van der Waals surface area contributed by atoms with Gasteiger partial charge in [0.15, 0.2) is 23.1 Å². The highest BCUT2D eigenvalue weighted by atomic mass is 32.2. The Kier molecular flexibility index (Phi) is 5.60. The van der Waals surface area contributed by atoms with Crippen LogP contribution >= 0.6 is 0 Å². The van der Waals surface area contributed by atoms with Gasteiger partial charge in [-0.15, -0.1) is 0 Å². The first kappa shape index (κ1) is 23.4. The number of nitrogens with zero attached hydrogens (tertiary/aromatic N) is 6. The van der Waals surface area contributed by atoms with E-state index in [2.05, 4.69) is 20.6 Å². The van der Waals surface area contributed by atoms with Crippen molar-refractivity contribution in [3.8, 4) is 17.7 Å². The molecule has 4 aromatic heterocycles. The zero-order valence-electron chi connectivity index (χ0n) is 20.6. The van der Waals surface area contributed by atoms with Gasteiger partial charge in [0.2, 0.25) is 0 Å². The van der Waals surface area contributed by atoms with Gasteiger partial charge in [0.1, 0.15) is 5.52 Å².